The van der Waals surface area contributed by atoms with E-state index in [2.05, 4.69) is 34.7 Å². The Morgan fingerprint density at radius 3 is 3.00 bits per heavy atom. The summed E-state index contributed by atoms with van der Waals surface area (Å²) in [6, 6.07) is 8.30. The predicted molar refractivity (Wildman–Crippen MR) is 74.7 cm³/mol. The molecule has 0 amide bonds. The number of nitrogens with zero attached hydrogens (tertiary/aromatic N) is 3. The average Bonchev–Trinajstić information content (AvgIpc) is 2.77. The highest BCUT2D eigenvalue weighted by molar-refractivity contribution is 5.78. The van der Waals surface area contributed by atoms with Gasteiger partial charge in [-0.1, -0.05) is 12.1 Å². The highest BCUT2D eigenvalue weighted by Gasteiger charge is 2.22. The van der Waals surface area contributed by atoms with Crippen LogP contribution >= 0.6 is 0 Å². The molecule has 0 bridgehead atoms. The van der Waals surface area contributed by atoms with E-state index in [9.17, 15) is 0 Å². The Morgan fingerprint density at radius 2 is 2.22 bits per heavy atom. The van der Waals surface area contributed by atoms with Crippen LogP contribution in [0.3, 0.4) is 0 Å². The number of aromatic nitrogens is 2. The number of aryl methyl sites for hydroxylation is 1. The summed E-state index contributed by atoms with van der Waals surface area (Å²) >= 11 is 0. The second-order valence-electron chi connectivity index (χ2n) is 5.15. The van der Waals surface area contributed by atoms with Crippen molar-refractivity contribution in [2.45, 2.75) is 12.8 Å². The van der Waals surface area contributed by atoms with Crippen molar-refractivity contribution in [3.63, 3.8) is 0 Å². The van der Waals surface area contributed by atoms with Crippen LogP contribution in [-0.2, 0) is 7.05 Å². The normalized spacial score (nSPS) is 20.6. The molecule has 0 spiro atoms. The number of imidazole rings is 1. The number of piperidine rings is 1. The summed E-state index contributed by atoms with van der Waals surface area (Å²) in [5, 5.41) is 0. The van der Waals surface area contributed by atoms with Crippen molar-refractivity contribution in [2.75, 3.05) is 24.5 Å². The van der Waals surface area contributed by atoms with Gasteiger partial charge in [-0.2, -0.15) is 0 Å². The maximum absolute atomic E-state index is 5.80. The molecule has 1 saturated heterocycles. The SMILES string of the molecule is Cn1c(N2CCCC(CN)C2)nc2ccccc21. The molecule has 18 heavy (non-hydrogen) atoms. The molecule has 0 aliphatic carbocycles. The highest BCUT2D eigenvalue weighted by Crippen LogP contribution is 2.25. The summed E-state index contributed by atoms with van der Waals surface area (Å²) in [5.74, 6) is 1.69. The molecule has 4 heteroatoms. The molecule has 1 atom stereocenters. The number of hydrogen-bond donors (Lipinski definition) is 1. The minimum absolute atomic E-state index is 0.610. The Labute approximate surface area is 107 Å². The van der Waals surface area contributed by atoms with Gasteiger partial charge < -0.3 is 15.2 Å². The molecule has 96 valence electrons. The van der Waals surface area contributed by atoms with Gasteiger partial charge in [-0.05, 0) is 37.4 Å². The van der Waals surface area contributed by atoms with Crippen LogP contribution < -0.4 is 10.6 Å². The molecule has 1 aromatic carbocycles. The van der Waals surface area contributed by atoms with Crippen LogP contribution in [0.5, 0.6) is 0 Å². The van der Waals surface area contributed by atoms with E-state index in [1.807, 2.05) is 6.07 Å². The van der Waals surface area contributed by atoms with E-state index >= 15 is 0 Å². The first-order valence-corrected chi connectivity index (χ1v) is 6.66. The fourth-order valence-electron chi connectivity index (χ4n) is 2.85. The zero-order valence-corrected chi connectivity index (χ0v) is 10.8. The number of anilines is 1. The largest absolute Gasteiger partial charge is 0.342 e. The first-order chi connectivity index (χ1) is 8.79. The standard InChI is InChI=1S/C14H20N4/c1-17-13-7-3-2-6-12(13)16-14(17)18-8-4-5-11(9-15)10-18/h2-3,6-7,11H,4-5,8-10,15H2,1H3. The van der Waals surface area contributed by atoms with Crippen molar-refractivity contribution in [1.29, 1.82) is 0 Å². The Morgan fingerprint density at radius 1 is 1.39 bits per heavy atom. The van der Waals surface area contributed by atoms with Crippen molar-refractivity contribution < 1.29 is 0 Å². The number of benzene rings is 1. The Balaban J connectivity index is 1.96. The summed E-state index contributed by atoms with van der Waals surface area (Å²) in [6.07, 6.45) is 2.46. The van der Waals surface area contributed by atoms with Crippen molar-refractivity contribution in [3.05, 3.63) is 24.3 Å². The quantitative estimate of drug-likeness (QED) is 0.875. The second kappa shape index (κ2) is 4.61. The molecule has 0 saturated carbocycles. The second-order valence-corrected chi connectivity index (χ2v) is 5.15. The van der Waals surface area contributed by atoms with Crippen LogP contribution in [0.1, 0.15) is 12.8 Å². The Bertz CT molecular complexity index is 546. The number of hydrogen-bond acceptors (Lipinski definition) is 3. The van der Waals surface area contributed by atoms with Crippen molar-refractivity contribution in [2.24, 2.45) is 18.7 Å². The van der Waals surface area contributed by atoms with E-state index in [1.165, 1.54) is 18.4 Å². The lowest BCUT2D eigenvalue weighted by Gasteiger charge is -2.32. The molecule has 2 heterocycles. The van der Waals surface area contributed by atoms with E-state index in [0.717, 1.165) is 31.1 Å². The van der Waals surface area contributed by atoms with Crippen LogP contribution in [0.15, 0.2) is 24.3 Å². The van der Waals surface area contributed by atoms with Gasteiger partial charge in [-0.15, -0.1) is 0 Å². The van der Waals surface area contributed by atoms with E-state index in [4.69, 9.17) is 10.7 Å². The molecule has 1 aromatic heterocycles. The summed E-state index contributed by atoms with van der Waals surface area (Å²) in [4.78, 5) is 7.13. The third-order valence-corrected chi connectivity index (χ3v) is 3.90. The van der Waals surface area contributed by atoms with Gasteiger partial charge in [0.1, 0.15) is 0 Å². The molecule has 2 aromatic rings. The maximum Gasteiger partial charge on any atom is 0.206 e. The lowest BCUT2D eigenvalue weighted by Crippen LogP contribution is -2.39. The van der Waals surface area contributed by atoms with Gasteiger partial charge in [0.05, 0.1) is 11.0 Å². The number of fused-ring (bicyclic) bond motifs is 1. The van der Waals surface area contributed by atoms with E-state index in [-0.39, 0.29) is 0 Å². The molecule has 0 radical (unpaired) electrons. The molecule has 2 N–H and O–H groups in total. The minimum atomic E-state index is 0.610. The molecule has 1 aliphatic heterocycles. The van der Waals surface area contributed by atoms with Crippen molar-refractivity contribution in [1.82, 2.24) is 9.55 Å². The third kappa shape index (κ3) is 1.86. The summed E-state index contributed by atoms with van der Waals surface area (Å²) in [6.45, 7) is 2.90. The van der Waals surface area contributed by atoms with Crippen LogP contribution in [0.25, 0.3) is 11.0 Å². The molecule has 1 fully saturated rings. The van der Waals surface area contributed by atoms with Gasteiger partial charge in [0.25, 0.3) is 0 Å². The van der Waals surface area contributed by atoms with Crippen LogP contribution in [0, 0.1) is 5.92 Å². The summed E-state index contributed by atoms with van der Waals surface area (Å²) in [7, 11) is 2.09. The fourth-order valence-corrected chi connectivity index (χ4v) is 2.85. The van der Waals surface area contributed by atoms with Crippen molar-refractivity contribution >= 4 is 17.0 Å². The van der Waals surface area contributed by atoms with Gasteiger partial charge in [0.2, 0.25) is 5.95 Å². The summed E-state index contributed by atoms with van der Waals surface area (Å²) in [5.41, 5.74) is 8.07. The Kier molecular flexibility index (Phi) is 2.96. The maximum atomic E-state index is 5.80. The average molecular weight is 244 g/mol. The molecule has 1 aliphatic rings. The van der Waals surface area contributed by atoms with E-state index in [1.54, 1.807) is 0 Å². The first-order valence-electron chi connectivity index (χ1n) is 6.66. The summed E-state index contributed by atoms with van der Waals surface area (Å²) < 4.78 is 2.19. The van der Waals surface area contributed by atoms with Crippen LogP contribution in [0.2, 0.25) is 0 Å². The third-order valence-electron chi connectivity index (χ3n) is 3.90. The molecular weight excluding hydrogens is 224 g/mol. The smallest absolute Gasteiger partial charge is 0.206 e. The highest BCUT2D eigenvalue weighted by atomic mass is 15.3. The van der Waals surface area contributed by atoms with Gasteiger partial charge in [-0.3, -0.25) is 0 Å². The van der Waals surface area contributed by atoms with Gasteiger partial charge in [0.15, 0.2) is 0 Å². The van der Waals surface area contributed by atoms with Gasteiger partial charge in [0, 0.05) is 20.1 Å². The van der Waals surface area contributed by atoms with Crippen molar-refractivity contribution in [3.8, 4) is 0 Å². The zero-order valence-electron chi connectivity index (χ0n) is 10.8. The monoisotopic (exact) mass is 244 g/mol. The van der Waals surface area contributed by atoms with Gasteiger partial charge >= 0.3 is 0 Å². The molecule has 4 nitrogen and oxygen atoms in total. The van der Waals surface area contributed by atoms with E-state index in [0.29, 0.717) is 5.92 Å². The van der Waals surface area contributed by atoms with Gasteiger partial charge in [-0.25, -0.2) is 4.98 Å². The van der Waals surface area contributed by atoms with Crippen LogP contribution in [0.4, 0.5) is 5.95 Å². The Hall–Kier alpha value is -1.55. The van der Waals surface area contributed by atoms with E-state index < -0.39 is 0 Å². The zero-order chi connectivity index (χ0) is 12.5. The predicted octanol–water partition coefficient (Wildman–Crippen LogP) is 1.75. The number of rotatable bonds is 2. The van der Waals surface area contributed by atoms with Crippen LogP contribution in [-0.4, -0.2) is 29.2 Å². The molecule has 3 rings (SSSR count). The molecular formula is C14H20N4. The topological polar surface area (TPSA) is 47.1 Å². The first kappa shape index (κ1) is 11.5. The molecule has 1 unspecified atom stereocenters. The number of para-hydroxylation sites is 2. The lowest BCUT2D eigenvalue weighted by molar-refractivity contribution is 0.418. The lowest BCUT2D eigenvalue weighted by atomic mass is 9.99. The fraction of sp³-hybridized carbons (Fsp3) is 0.500. The minimum Gasteiger partial charge on any atom is -0.342 e. The number of nitrogens with two attached hydrogens (primary N) is 1.